The number of rotatable bonds is 2. The molecule has 0 radical (unpaired) electrons. The van der Waals surface area contributed by atoms with Crippen LogP contribution in [-0.2, 0) is 12.3 Å². The van der Waals surface area contributed by atoms with Crippen molar-refractivity contribution in [3.05, 3.63) is 32.4 Å². The monoisotopic (exact) mass is 293 g/mol. The van der Waals surface area contributed by atoms with Crippen LogP contribution in [0.5, 0.6) is 0 Å². The first kappa shape index (κ1) is 10.3. The van der Waals surface area contributed by atoms with Crippen LogP contribution >= 0.6 is 35.2 Å². The van der Waals surface area contributed by atoms with Crippen LogP contribution in [0.3, 0.4) is 0 Å². The van der Waals surface area contributed by atoms with Crippen molar-refractivity contribution in [2.75, 3.05) is 0 Å². The van der Waals surface area contributed by atoms with Crippen LogP contribution in [-0.4, -0.2) is 0 Å². The van der Waals surface area contributed by atoms with E-state index in [1.54, 1.807) is 0 Å². The summed E-state index contributed by atoms with van der Waals surface area (Å²) in [4.78, 5) is 0. The van der Waals surface area contributed by atoms with Crippen molar-refractivity contribution in [1.29, 1.82) is 0 Å². The lowest BCUT2D eigenvalue weighted by Crippen LogP contribution is -1.99. The van der Waals surface area contributed by atoms with Gasteiger partial charge in [-0.05, 0) is 52.3 Å². The predicted octanol–water partition coefficient (Wildman–Crippen LogP) is 2.49. The van der Waals surface area contributed by atoms with E-state index in [4.69, 9.17) is 5.73 Å². The Morgan fingerprint density at radius 2 is 2.17 bits per heavy atom. The van der Waals surface area contributed by atoms with E-state index >= 15 is 0 Å². The lowest BCUT2D eigenvalue weighted by molar-refractivity contribution is 1.05. The average molecular weight is 293 g/mol. The summed E-state index contributed by atoms with van der Waals surface area (Å²) in [5.74, 6) is 0.787. The van der Waals surface area contributed by atoms with Gasteiger partial charge in [0.2, 0.25) is 0 Å². The summed E-state index contributed by atoms with van der Waals surface area (Å²) in [5.41, 5.74) is 9.36. The lowest BCUT2D eigenvalue weighted by Gasteiger charge is -2.07. The van der Waals surface area contributed by atoms with E-state index in [1.165, 1.54) is 20.3 Å². The molecule has 0 aliphatic rings. The minimum Gasteiger partial charge on any atom is -0.326 e. The number of nitrogens with two attached hydrogens (primary N) is 1. The van der Waals surface area contributed by atoms with Gasteiger partial charge in [0.25, 0.3) is 0 Å². The van der Waals surface area contributed by atoms with Crippen LogP contribution in [0, 0.1) is 10.5 Å². The van der Waals surface area contributed by atoms with Crippen LogP contribution in [0.2, 0.25) is 0 Å². The molecular formula is C9H12INS. The van der Waals surface area contributed by atoms with Gasteiger partial charge in [-0.2, -0.15) is 12.6 Å². The maximum Gasteiger partial charge on any atom is 0.0178 e. The van der Waals surface area contributed by atoms with Gasteiger partial charge in [0.05, 0.1) is 0 Å². The second-order valence-corrected chi connectivity index (χ2v) is 4.20. The maximum atomic E-state index is 5.56. The Labute approximate surface area is 92.3 Å². The van der Waals surface area contributed by atoms with E-state index in [0.29, 0.717) is 6.54 Å². The number of benzene rings is 1. The highest BCUT2D eigenvalue weighted by Gasteiger charge is 2.02. The highest BCUT2D eigenvalue weighted by atomic mass is 127. The molecule has 0 saturated carbocycles. The largest absolute Gasteiger partial charge is 0.326 e. The van der Waals surface area contributed by atoms with Crippen LogP contribution in [0.1, 0.15) is 16.7 Å². The van der Waals surface area contributed by atoms with Crippen molar-refractivity contribution in [2.45, 2.75) is 19.2 Å². The summed E-state index contributed by atoms with van der Waals surface area (Å²) in [6.07, 6.45) is 0. The molecule has 2 N–H and O–H groups in total. The molecule has 0 bridgehead atoms. The molecule has 0 spiro atoms. The van der Waals surface area contributed by atoms with Gasteiger partial charge in [0, 0.05) is 15.9 Å². The first-order chi connectivity index (χ1) is 5.69. The summed E-state index contributed by atoms with van der Waals surface area (Å²) in [6, 6.07) is 4.26. The van der Waals surface area contributed by atoms with E-state index in [9.17, 15) is 0 Å². The normalized spacial score (nSPS) is 10.3. The molecule has 3 heteroatoms. The van der Waals surface area contributed by atoms with Crippen molar-refractivity contribution in [3.63, 3.8) is 0 Å². The summed E-state index contributed by atoms with van der Waals surface area (Å²) in [5, 5.41) is 0. The highest BCUT2D eigenvalue weighted by Crippen LogP contribution is 2.19. The fraction of sp³-hybridized carbons (Fsp3) is 0.333. The van der Waals surface area contributed by atoms with Gasteiger partial charge in [-0.1, -0.05) is 6.07 Å². The van der Waals surface area contributed by atoms with Crippen LogP contribution < -0.4 is 5.73 Å². The lowest BCUT2D eigenvalue weighted by atomic mass is 10.1. The van der Waals surface area contributed by atoms with Crippen molar-refractivity contribution < 1.29 is 0 Å². The third-order valence-corrected chi connectivity index (χ3v) is 3.38. The molecule has 66 valence electrons. The predicted molar refractivity (Wildman–Crippen MR) is 64.5 cm³/mol. The standard InChI is InChI=1S/C9H12INS/c1-6-8(5-12)2-7(4-11)3-9(6)10/h2-3,12H,4-5,11H2,1H3. The first-order valence-electron chi connectivity index (χ1n) is 3.78. The molecule has 0 heterocycles. The SMILES string of the molecule is Cc1c(I)cc(CN)cc1CS. The zero-order chi connectivity index (χ0) is 9.14. The molecule has 0 aliphatic carbocycles. The van der Waals surface area contributed by atoms with E-state index in [1.807, 2.05) is 0 Å². The third kappa shape index (κ3) is 2.14. The minimum atomic E-state index is 0.608. The molecule has 0 fully saturated rings. The van der Waals surface area contributed by atoms with Gasteiger partial charge >= 0.3 is 0 Å². The van der Waals surface area contributed by atoms with E-state index in [2.05, 4.69) is 54.3 Å². The zero-order valence-electron chi connectivity index (χ0n) is 6.97. The van der Waals surface area contributed by atoms with Gasteiger partial charge in [-0.3, -0.25) is 0 Å². The molecule has 1 rings (SSSR count). The number of halogens is 1. The molecular weight excluding hydrogens is 281 g/mol. The molecule has 1 nitrogen and oxygen atoms in total. The first-order valence-corrected chi connectivity index (χ1v) is 5.49. The Morgan fingerprint density at radius 1 is 1.50 bits per heavy atom. The molecule has 0 saturated heterocycles. The Hall–Kier alpha value is 0.260. The second-order valence-electron chi connectivity index (χ2n) is 2.72. The molecule has 0 unspecified atom stereocenters. The third-order valence-electron chi connectivity index (χ3n) is 1.92. The average Bonchev–Trinajstić information content (AvgIpc) is 2.09. The second kappa shape index (κ2) is 4.48. The zero-order valence-corrected chi connectivity index (χ0v) is 10.0. The molecule has 1 aromatic rings. The van der Waals surface area contributed by atoms with E-state index in [-0.39, 0.29) is 0 Å². The summed E-state index contributed by atoms with van der Waals surface area (Å²) in [6.45, 7) is 2.73. The number of hydrogen-bond donors (Lipinski definition) is 2. The fourth-order valence-electron chi connectivity index (χ4n) is 1.08. The fourth-order valence-corrected chi connectivity index (χ4v) is 2.16. The van der Waals surface area contributed by atoms with Crippen LogP contribution in [0.15, 0.2) is 12.1 Å². The van der Waals surface area contributed by atoms with Crippen molar-refractivity contribution in [2.24, 2.45) is 5.73 Å². The van der Waals surface area contributed by atoms with Crippen molar-refractivity contribution in [1.82, 2.24) is 0 Å². The molecule has 0 atom stereocenters. The van der Waals surface area contributed by atoms with E-state index < -0.39 is 0 Å². The minimum absolute atomic E-state index is 0.608. The smallest absolute Gasteiger partial charge is 0.0178 e. The Bertz CT molecular complexity index is 286. The van der Waals surface area contributed by atoms with Crippen LogP contribution in [0.25, 0.3) is 0 Å². The van der Waals surface area contributed by atoms with Crippen molar-refractivity contribution in [3.8, 4) is 0 Å². The van der Waals surface area contributed by atoms with Gasteiger partial charge in [-0.25, -0.2) is 0 Å². The molecule has 12 heavy (non-hydrogen) atoms. The summed E-state index contributed by atoms with van der Waals surface area (Å²) >= 11 is 6.60. The van der Waals surface area contributed by atoms with Gasteiger partial charge in [0.1, 0.15) is 0 Å². The van der Waals surface area contributed by atoms with Gasteiger partial charge in [-0.15, -0.1) is 0 Å². The quantitative estimate of drug-likeness (QED) is 0.636. The number of thiol groups is 1. The molecule has 1 aromatic carbocycles. The molecule has 0 aromatic heterocycles. The molecule has 0 aliphatic heterocycles. The van der Waals surface area contributed by atoms with Crippen molar-refractivity contribution >= 4 is 35.2 Å². The van der Waals surface area contributed by atoms with E-state index in [0.717, 1.165) is 5.75 Å². The summed E-state index contributed by atoms with van der Waals surface area (Å²) < 4.78 is 1.28. The highest BCUT2D eigenvalue weighted by molar-refractivity contribution is 14.1. The Balaban J connectivity index is 3.19. The summed E-state index contributed by atoms with van der Waals surface area (Å²) in [7, 11) is 0. The topological polar surface area (TPSA) is 26.0 Å². The Morgan fingerprint density at radius 3 is 2.67 bits per heavy atom. The van der Waals surface area contributed by atoms with Crippen LogP contribution in [0.4, 0.5) is 0 Å². The maximum absolute atomic E-state index is 5.56. The van der Waals surface area contributed by atoms with Gasteiger partial charge < -0.3 is 5.73 Å². The number of hydrogen-bond acceptors (Lipinski definition) is 2. The van der Waals surface area contributed by atoms with Gasteiger partial charge in [0.15, 0.2) is 0 Å². The Kier molecular flexibility index (Phi) is 3.86. The molecule has 0 amide bonds.